The third-order valence-corrected chi connectivity index (χ3v) is 5.90. The van der Waals surface area contributed by atoms with E-state index in [-0.39, 0.29) is 29.7 Å². The largest absolute Gasteiger partial charge is 0.355 e. The van der Waals surface area contributed by atoms with Crippen molar-refractivity contribution in [1.29, 1.82) is 0 Å². The van der Waals surface area contributed by atoms with Crippen LogP contribution in [-0.4, -0.2) is 58.3 Å². The van der Waals surface area contributed by atoms with Gasteiger partial charge in [0.2, 0.25) is 0 Å². The van der Waals surface area contributed by atoms with Crippen LogP contribution < -0.4 is 10.6 Å². The minimum atomic E-state index is -2.99. The molecule has 1 aromatic rings. The fraction of sp³-hybridized carbons (Fsp3) is 0.650. The number of benzene rings is 1. The number of sulfone groups is 1. The van der Waals surface area contributed by atoms with Gasteiger partial charge >= 0.3 is 0 Å². The van der Waals surface area contributed by atoms with Crippen LogP contribution in [-0.2, 0) is 22.1 Å². The summed E-state index contributed by atoms with van der Waals surface area (Å²) >= 11 is 0. The van der Waals surface area contributed by atoms with E-state index in [0.29, 0.717) is 6.54 Å². The minimum Gasteiger partial charge on any atom is -0.355 e. The summed E-state index contributed by atoms with van der Waals surface area (Å²) in [7, 11) is -1.22. The Bertz CT molecular complexity index is 707. The van der Waals surface area contributed by atoms with E-state index in [9.17, 15) is 8.42 Å². The van der Waals surface area contributed by atoms with Crippen LogP contribution in [0.3, 0.4) is 0 Å². The molecule has 0 aromatic heterocycles. The van der Waals surface area contributed by atoms with Crippen molar-refractivity contribution < 1.29 is 8.42 Å². The van der Waals surface area contributed by atoms with Crippen molar-refractivity contribution in [3.05, 3.63) is 35.4 Å². The number of aliphatic imine (C=N–C) groups is 1. The van der Waals surface area contributed by atoms with E-state index in [4.69, 9.17) is 0 Å². The maximum Gasteiger partial charge on any atom is 0.191 e. The van der Waals surface area contributed by atoms with Crippen molar-refractivity contribution in [3.8, 4) is 0 Å². The van der Waals surface area contributed by atoms with Crippen LogP contribution in [0, 0.1) is 0 Å². The van der Waals surface area contributed by atoms with Gasteiger partial charge in [0.25, 0.3) is 0 Å². The molecule has 1 fully saturated rings. The Kier molecular flexibility index (Phi) is 11.4. The number of piperidine rings is 1. The van der Waals surface area contributed by atoms with Gasteiger partial charge in [0, 0.05) is 39.0 Å². The normalized spacial score (nSPS) is 18.4. The highest BCUT2D eigenvalue weighted by Crippen LogP contribution is 2.18. The summed E-state index contributed by atoms with van der Waals surface area (Å²) in [6.07, 6.45) is 6.46. The molecule has 1 unspecified atom stereocenters. The highest BCUT2D eigenvalue weighted by atomic mass is 127. The van der Waals surface area contributed by atoms with Gasteiger partial charge in [0.05, 0.1) is 5.75 Å². The Hall–Kier alpha value is -0.870. The lowest BCUT2D eigenvalue weighted by Crippen LogP contribution is -2.45. The van der Waals surface area contributed by atoms with Crippen LogP contribution >= 0.6 is 24.0 Å². The smallest absolute Gasteiger partial charge is 0.191 e. The number of likely N-dealkylation sites (tertiary alicyclic amines) is 1. The van der Waals surface area contributed by atoms with Gasteiger partial charge in [-0.3, -0.25) is 9.89 Å². The van der Waals surface area contributed by atoms with Crippen LogP contribution in [0.5, 0.6) is 0 Å². The fourth-order valence-electron chi connectivity index (χ4n) is 3.60. The molecule has 0 spiro atoms. The van der Waals surface area contributed by atoms with Crippen LogP contribution in [0.4, 0.5) is 0 Å². The van der Waals surface area contributed by atoms with Crippen molar-refractivity contribution in [2.45, 2.75) is 50.9 Å². The number of nitrogens with zero attached hydrogens (tertiary/aromatic N) is 2. The van der Waals surface area contributed by atoms with Gasteiger partial charge in [-0.05, 0) is 36.9 Å². The molecule has 2 N–H and O–H groups in total. The summed E-state index contributed by atoms with van der Waals surface area (Å²) in [6, 6.07) is 8.38. The zero-order chi connectivity index (χ0) is 19.7. The number of hydrogen-bond donors (Lipinski definition) is 2. The first kappa shape index (κ1) is 25.2. The van der Waals surface area contributed by atoms with E-state index in [1.54, 1.807) is 7.05 Å². The van der Waals surface area contributed by atoms with Gasteiger partial charge in [-0.1, -0.05) is 37.6 Å². The van der Waals surface area contributed by atoms with Gasteiger partial charge in [0.15, 0.2) is 15.8 Å². The van der Waals surface area contributed by atoms with Crippen LogP contribution in [0.15, 0.2) is 29.3 Å². The predicted octanol–water partition coefficient (Wildman–Crippen LogP) is 2.78. The van der Waals surface area contributed by atoms with Gasteiger partial charge < -0.3 is 10.6 Å². The second kappa shape index (κ2) is 12.6. The quantitative estimate of drug-likeness (QED) is 0.312. The van der Waals surface area contributed by atoms with Crippen LogP contribution in [0.2, 0.25) is 0 Å². The Morgan fingerprint density at radius 2 is 1.86 bits per heavy atom. The Morgan fingerprint density at radius 1 is 1.18 bits per heavy atom. The van der Waals surface area contributed by atoms with Gasteiger partial charge in [0.1, 0.15) is 0 Å². The third kappa shape index (κ3) is 9.09. The van der Waals surface area contributed by atoms with Crippen molar-refractivity contribution >= 4 is 39.8 Å². The molecule has 1 aliphatic heterocycles. The van der Waals surface area contributed by atoms with Crippen molar-refractivity contribution in [2.24, 2.45) is 4.99 Å². The monoisotopic (exact) mass is 522 g/mol. The molecule has 1 aromatic carbocycles. The summed E-state index contributed by atoms with van der Waals surface area (Å²) in [5.41, 5.74) is 1.91. The fourth-order valence-corrected chi connectivity index (χ4v) is 4.40. The third-order valence-electron chi connectivity index (χ3n) is 5.05. The minimum absolute atomic E-state index is 0. The molecule has 0 bridgehead atoms. The Labute approximate surface area is 187 Å². The number of hydrogen-bond acceptors (Lipinski definition) is 4. The van der Waals surface area contributed by atoms with Crippen LogP contribution in [0.1, 0.15) is 43.7 Å². The molecule has 0 radical (unpaired) electrons. The van der Waals surface area contributed by atoms with Crippen molar-refractivity contribution in [2.75, 3.05) is 32.9 Å². The van der Waals surface area contributed by atoms with E-state index in [1.165, 1.54) is 38.5 Å². The molecule has 1 heterocycles. The molecule has 0 amide bonds. The lowest BCUT2D eigenvalue weighted by Gasteiger charge is -2.35. The maximum absolute atomic E-state index is 11.4. The van der Waals surface area contributed by atoms with E-state index in [2.05, 4.69) is 27.4 Å². The molecule has 0 aliphatic carbocycles. The highest BCUT2D eigenvalue weighted by Gasteiger charge is 2.19. The number of guanidine groups is 1. The molecule has 1 atom stereocenters. The van der Waals surface area contributed by atoms with Crippen molar-refractivity contribution in [3.63, 3.8) is 0 Å². The second-order valence-corrected chi connectivity index (χ2v) is 9.47. The first-order chi connectivity index (χ1) is 12.9. The average molecular weight is 522 g/mol. The lowest BCUT2D eigenvalue weighted by atomic mass is 10.0. The summed E-state index contributed by atoms with van der Waals surface area (Å²) in [4.78, 5) is 6.88. The average Bonchev–Trinajstić information content (AvgIpc) is 2.64. The lowest BCUT2D eigenvalue weighted by molar-refractivity contribution is 0.147. The summed E-state index contributed by atoms with van der Waals surface area (Å²) in [6.45, 7) is 6.05. The first-order valence-corrected chi connectivity index (χ1v) is 11.9. The standard InChI is InChI=1S/C20H34N4O2S.HI/c1-4-19-7-5-6-13-24(19)14-12-22-20(21-2)23-15-17-8-10-18(11-9-17)16-27(3,25)26;/h8-11,19H,4-7,12-16H2,1-3H3,(H2,21,22,23);1H. The molecular weight excluding hydrogens is 487 g/mol. The van der Waals surface area contributed by atoms with E-state index < -0.39 is 9.84 Å². The number of rotatable bonds is 8. The molecule has 0 saturated carbocycles. The second-order valence-electron chi connectivity index (χ2n) is 7.33. The Balaban J connectivity index is 0.00000392. The van der Waals surface area contributed by atoms with Gasteiger partial charge in [-0.2, -0.15) is 0 Å². The molecule has 8 heteroatoms. The topological polar surface area (TPSA) is 73.8 Å². The zero-order valence-electron chi connectivity index (χ0n) is 17.3. The molecule has 28 heavy (non-hydrogen) atoms. The van der Waals surface area contributed by atoms with Gasteiger partial charge in [-0.25, -0.2) is 8.42 Å². The molecular formula is C20H35IN4O2S. The molecule has 1 saturated heterocycles. The summed E-state index contributed by atoms with van der Waals surface area (Å²) < 4.78 is 22.7. The summed E-state index contributed by atoms with van der Waals surface area (Å²) in [5, 5.41) is 6.71. The van der Waals surface area contributed by atoms with Crippen molar-refractivity contribution in [1.82, 2.24) is 15.5 Å². The van der Waals surface area contributed by atoms with E-state index >= 15 is 0 Å². The predicted molar refractivity (Wildman–Crippen MR) is 128 cm³/mol. The van der Waals surface area contributed by atoms with Gasteiger partial charge in [-0.15, -0.1) is 24.0 Å². The molecule has 1 aliphatic rings. The number of nitrogens with one attached hydrogen (secondary N) is 2. The first-order valence-electron chi connectivity index (χ1n) is 9.85. The SMILES string of the molecule is CCC1CCCCN1CCNC(=NC)NCc1ccc(CS(C)(=O)=O)cc1.I. The number of halogens is 1. The van der Waals surface area contributed by atoms with E-state index in [1.807, 2.05) is 24.3 Å². The highest BCUT2D eigenvalue weighted by molar-refractivity contribution is 14.0. The van der Waals surface area contributed by atoms with E-state index in [0.717, 1.165) is 36.2 Å². The zero-order valence-corrected chi connectivity index (χ0v) is 20.4. The molecule has 160 valence electrons. The molecule has 6 nitrogen and oxygen atoms in total. The molecule has 2 rings (SSSR count). The Morgan fingerprint density at radius 3 is 2.46 bits per heavy atom. The summed E-state index contributed by atoms with van der Waals surface area (Å²) in [5.74, 6) is 0.874. The maximum atomic E-state index is 11.4. The van der Waals surface area contributed by atoms with Crippen LogP contribution in [0.25, 0.3) is 0 Å².